The van der Waals surface area contributed by atoms with Gasteiger partial charge in [-0.2, -0.15) is 12.8 Å². The molecule has 0 spiro atoms. The Bertz CT molecular complexity index is 1270. The van der Waals surface area contributed by atoms with E-state index in [0.717, 1.165) is 5.56 Å². The van der Waals surface area contributed by atoms with Crippen LogP contribution in [0.2, 0.25) is 0 Å². The molecule has 0 atom stereocenters. The molecule has 28 heavy (non-hydrogen) atoms. The van der Waals surface area contributed by atoms with Crippen LogP contribution in [0.4, 0.5) is 5.69 Å². The maximum absolute atomic E-state index is 12.1. The lowest BCUT2D eigenvalue weighted by molar-refractivity contribution is 0.0697. The fraction of sp³-hybridized carbons (Fsp3) is 0. The maximum Gasteiger partial charge on any atom is 0.335 e. The van der Waals surface area contributed by atoms with Crippen molar-refractivity contribution < 1.29 is 28.5 Å². The summed E-state index contributed by atoms with van der Waals surface area (Å²) >= 11 is 0. The Morgan fingerprint density at radius 2 is 1.68 bits per heavy atom. The van der Waals surface area contributed by atoms with Gasteiger partial charge in [-0.3, -0.25) is 5.43 Å². The molecule has 142 valence electrons. The van der Waals surface area contributed by atoms with E-state index in [4.69, 9.17) is 5.11 Å². The monoisotopic (exact) mass is 398 g/mol. The number of hydrogen-bond acceptors (Lipinski definition) is 6. The molecule has 0 aromatic heterocycles. The number of carbonyl (C=O) groups is 1. The minimum atomic E-state index is -3.97. The summed E-state index contributed by atoms with van der Waals surface area (Å²) in [5, 5.41) is 30.8. The Kier molecular flexibility index (Phi) is 3.90. The highest BCUT2D eigenvalue weighted by Crippen LogP contribution is 2.36. The smallest absolute Gasteiger partial charge is 0.335 e. The van der Waals surface area contributed by atoms with Crippen LogP contribution < -0.4 is 9.84 Å². The van der Waals surface area contributed by atoms with Crippen molar-refractivity contribution >= 4 is 32.5 Å². The highest BCUT2D eigenvalue weighted by atomic mass is 32.2. The van der Waals surface area contributed by atoms with Gasteiger partial charge in [-0.1, -0.05) is 24.3 Å². The molecule has 0 radical (unpaired) electrons. The second-order valence-corrected chi connectivity index (χ2v) is 7.84. The number of nitrogens with zero attached hydrogens (tertiary/aromatic N) is 1. The van der Waals surface area contributed by atoms with Crippen molar-refractivity contribution in [3.63, 3.8) is 0 Å². The van der Waals surface area contributed by atoms with Gasteiger partial charge in [-0.25, -0.2) is 4.79 Å². The van der Waals surface area contributed by atoms with Crippen molar-refractivity contribution in [2.24, 2.45) is 0 Å². The lowest BCUT2D eigenvalue weighted by atomic mass is 9.99. The first kappa shape index (κ1) is 17.7. The van der Waals surface area contributed by atoms with Crippen molar-refractivity contribution in [1.82, 2.24) is 5.43 Å². The molecule has 0 bridgehead atoms. The molecule has 1 aliphatic heterocycles. The quantitative estimate of drug-likeness (QED) is 0.534. The highest BCUT2D eigenvalue weighted by molar-refractivity contribution is 7.95. The predicted molar refractivity (Wildman–Crippen MR) is 103 cm³/mol. The molecule has 8 nitrogen and oxygen atoms in total. The van der Waals surface area contributed by atoms with Gasteiger partial charge in [0.25, 0.3) is 10.0 Å². The van der Waals surface area contributed by atoms with Gasteiger partial charge in [0.1, 0.15) is 16.8 Å². The number of aliphatic hydroxyl groups is 1. The Morgan fingerprint density at radius 1 is 0.929 bits per heavy atom. The van der Waals surface area contributed by atoms with E-state index in [1.807, 2.05) is 0 Å². The van der Waals surface area contributed by atoms with Gasteiger partial charge >= 0.3 is 5.97 Å². The second-order valence-electron chi connectivity index (χ2n) is 6.21. The molecule has 0 unspecified atom stereocenters. The number of benzene rings is 3. The van der Waals surface area contributed by atoms with E-state index in [1.54, 1.807) is 36.4 Å². The van der Waals surface area contributed by atoms with Gasteiger partial charge in [0, 0.05) is 0 Å². The summed E-state index contributed by atoms with van der Waals surface area (Å²) in [6, 6.07) is 14.6. The molecule has 0 saturated heterocycles. The largest absolute Gasteiger partial charge is 0.506 e. The highest BCUT2D eigenvalue weighted by Gasteiger charge is 2.30. The molecule has 3 aromatic rings. The van der Waals surface area contributed by atoms with Crippen LogP contribution >= 0.6 is 0 Å². The number of phenolic OH excluding ortho intramolecular Hbond substituents is 1. The lowest BCUT2D eigenvalue weighted by Gasteiger charge is -2.19. The van der Waals surface area contributed by atoms with Crippen LogP contribution in [0.15, 0.2) is 65.9 Å². The fourth-order valence-electron chi connectivity index (χ4n) is 3.03. The number of aromatic hydroxyl groups is 1. The number of nitrogens with one attached hydrogen (secondary N) is 1. The topological polar surface area (TPSA) is 127 Å². The van der Waals surface area contributed by atoms with Crippen LogP contribution in [-0.2, 0) is 10.0 Å². The van der Waals surface area contributed by atoms with E-state index in [2.05, 4.69) is 5.43 Å². The minimum absolute atomic E-state index is 0.0516. The van der Waals surface area contributed by atoms with Crippen molar-refractivity contribution in [2.45, 2.75) is 0 Å². The van der Waals surface area contributed by atoms with Crippen molar-refractivity contribution in [3.05, 3.63) is 71.5 Å². The van der Waals surface area contributed by atoms with E-state index in [1.165, 1.54) is 18.2 Å². The molecule has 1 aliphatic rings. The van der Waals surface area contributed by atoms with Gasteiger partial charge < -0.3 is 15.3 Å². The van der Waals surface area contributed by atoms with Crippen LogP contribution in [0.25, 0.3) is 21.9 Å². The Labute approximate surface area is 159 Å². The molecule has 1 heterocycles. The first-order chi connectivity index (χ1) is 13.2. The lowest BCUT2D eigenvalue weighted by Crippen LogP contribution is -2.35. The third-order valence-electron chi connectivity index (χ3n) is 4.33. The normalized spacial score (nSPS) is 15.3. The zero-order chi connectivity index (χ0) is 20.1. The molecule has 9 heteroatoms. The van der Waals surface area contributed by atoms with E-state index in [-0.39, 0.29) is 17.0 Å². The average molecular weight is 398 g/mol. The van der Waals surface area contributed by atoms with E-state index in [0.29, 0.717) is 26.2 Å². The summed E-state index contributed by atoms with van der Waals surface area (Å²) in [6.45, 7) is 0. The molecule has 0 fully saturated rings. The Morgan fingerprint density at radius 3 is 2.36 bits per heavy atom. The zero-order valence-electron chi connectivity index (χ0n) is 14.2. The van der Waals surface area contributed by atoms with E-state index < -0.39 is 21.9 Å². The summed E-state index contributed by atoms with van der Waals surface area (Å²) in [5.74, 6) is -1.88. The number of carboxylic acid groups (broad SMARTS) is 1. The first-order valence-corrected chi connectivity index (χ1v) is 9.58. The number of hydrogen-bond donors (Lipinski definition) is 4. The number of anilines is 1. The maximum atomic E-state index is 12.1. The summed E-state index contributed by atoms with van der Waals surface area (Å²) in [7, 11) is -3.97. The van der Waals surface area contributed by atoms with E-state index >= 15 is 0 Å². The van der Waals surface area contributed by atoms with Gasteiger partial charge in [0.2, 0.25) is 5.88 Å². The van der Waals surface area contributed by atoms with Crippen molar-refractivity contribution in [3.8, 4) is 16.9 Å². The molecule has 3 aromatic carbocycles. The van der Waals surface area contributed by atoms with Crippen LogP contribution in [0.1, 0.15) is 10.4 Å². The molecule has 4 rings (SSSR count). The van der Waals surface area contributed by atoms with Gasteiger partial charge in [-0.15, -0.1) is 0 Å². The number of carboxylic acids is 1. The third kappa shape index (κ3) is 2.97. The van der Waals surface area contributed by atoms with Crippen molar-refractivity contribution in [1.29, 1.82) is 0 Å². The van der Waals surface area contributed by atoms with Crippen LogP contribution in [0.5, 0.6) is 5.75 Å². The summed E-state index contributed by atoms with van der Waals surface area (Å²) in [6.07, 6.45) is 0. The molecule has 0 aliphatic carbocycles. The SMILES string of the molecule is O=C(O)c1cccc(-c2ccc3cc(O)c(N4NC(O)=CS4(=O)=O)cc3c2)c1. The summed E-state index contributed by atoms with van der Waals surface area (Å²) in [4.78, 5) is 11.2. The minimum Gasteiger partial charge on any atom is -0.506 e. The second kappa shape index (κ2) is 6.17. The Balaban J connectivity index is 1.83. The van der Waals surface area contributed by atoms with Gasteiger partial charge in [0.15, 0.2) is 0 Å². The van der Waals surface area contributed by atoms with Crippen LogP contribution in [0.3, 0.4) is 0 Å². The number of fused-ring (bicyclic) bond motifs is 1. The Hall–Kier alpha value is -3.72. The third-order valence-corrected chi connectivity index (χ3v) is 5.64. The van der Waals surface area contributed by atoms with E-state index in [9.17, 15) is 23.4 Å². The average Bonchev–Trinajstić information content (AvgIpc) is 2.92. The predicted octanol–water partition coefficient (Wildman–Crippen LogP) is 2.92. The molecular formula is C19H14N2O6S. The molecule has 4 N–H and O–H groups in total. The van der Waals surface area contributed by atoms with Gasteiger partial charge in [-0.05, 0) is 52.2 Å². The zero-order valence-corrected chi connectivity index (χ0v) is 15.0. The van der Waals surface area contributed by atoms with Crippen molar-refractivity contribution in [2.75, 3.05) is 4.41 Å². The first-order valence-electron chi connectivity index (χ1n) is 8.08. The van der Waals surface area contributed by atoms with Crippen LogP contribution in [-0.4, -0.2) is 29.7 Å². The number of aliphatic hydroxyl groups excluding tert-OH is 1. The molecular weight excluding hydrogens is 384 g/mol. The molecule has 0 amide bonds. The fourth-order valence-corrected chi connectivity index (χ4v) is 4.11. The number of phenols is 1. The standard InChI is InChI=1S/C19H14N2O6S/c22-17-9-13-5-4-12(11-2-1-3-14(6-11)19(24)25)7-15(13)8-16(17)21-20-18(23)10-28(21,26)27/h1-10,20,22-23H,(H,24,25). The number of hydrazine groups is 1. The van der Waals surface area contributed by atoms with Gasteiger partial charge in [0.05, 0.1) is 5.56 Å². The number of aromatic carboxylic acids is 1. The molecule has 0 saturated carbocycles. The van der Waals surface area contributed by atoms with Crippen LogP contribution in [0, 0.1) is 0 Å². The number of sulfonamides is 1. The summed E-state index contributed by atoms with van der Waals surface area (Å²) < 4.78 is 24.9. The number of rotatable bonds is 3. The summed E-state index contributed by atoms with van der Waals surface area (Å²) in [5.41, 5.74) is 3.78.